The fourth-order valence-electron chi connectivity index (χ4n) is 2.71. The van der Waals surface area contributed by atoms with E-state index in [0.29, 0.717) is 37.6 Å². The molecule has 1 N–H and O–H groups in total. The van der Waals surface area contributed by atoms with Crippen LogP contribution in [0.2, 0.25) is 0 Å². The van der Waals surface area contributed by atoms with Crippen molar-refractivity contribution in [2.24, 2.45) is 0 Å². The van der Waals surface area contributed by atoms with E-state index >= 15 is 0 Å². The van der Waals surface area contributed by atoms with Gasteiger partial charge in [0, 0.05) is 32.1 Å². The van der Waals surface area contributed by atoms with E-state index in [-0.39, 0.29) is 18.2 Å². The van der Waals surface area contributed by atoms with E-state index in [1.807, 2.05) is 24.3 Å². The number of carbonyl (C=O) groups excluding carboxylic acids is 2. The summed E-state index contributed by atoms with van der Waals surface area (Å²) in [5.74, 6) is 1.24. The number of carbonyl (C=O) groups is 2. The van der Waals surface area contributed by atoms with Gasteiger partial charge in [-0.15, -0.1) is 0 Å². The first-order valence-corrected chi connectivity index (χ1v) is 8.59. The van der Waals surface area contributed by atoms with Gasteiger partial charge in [0.1, 0.15) is 13.2 Å². The van der Waals surface area contributed by atoms with Gasteiger partial charge in [-0.25, -0.2) is 0 Å². The summed E-state index contributed by atoms with van der Waals surface area (Å²) in [6, 6.07) is 14.6. The second-order valence-electron chi connectivity index (χ2n) is 6.10. The molecule has 26 heavy (non-hydrogen) atoms. The van der Waals surface area contributed by atoms with Crippen LogP contribution in [0.15, 0.2) is 48.5 Å². The fourth-order valence-corrected chi connectivity index (χ4v) is 2.71. The maximum Gasteiger partial charge on any atom is 0.251 e. The molecule has 0 saturated heterocycles. The third kappa shape index (κ3) is 4.53. The van der Waals surface area contributed by atoms with Crippen LogP contribution in [-0.4, -0.2) is 43.5 Å². The molecule has 136 valence electrons. The van der Waals surface area contributed by atoms with Crippen LogP contribution in [0.25, 0.3) is 0 Å². The molecule has 0 unspecified atom stereocenters. The Bertz CT molecular complexity index is 777. The molecule has 6 nitrogen and oxygen atoms in total. The number of hydrogen-bond acceptors (Lipinski definition) is 4. The molecule has 2 aromatic carbocycles. The van der Waals surface area contributed by atoms with Crippen LogP contribution in [0.3, 0.4) is 0 Å². The van der Waals surface area contributed by atoms with Gasteiger partial charge >= 0.3 is 0 Å². The zero-order chi connectivity index (χ0) is 18.4. The van der Waals surface area contributed by atoms with Crippen molar-refractivity contribution >= 4 is 11.8 Å². The summed E-state index contributed by atoms with van der Waals surface area (Å²) >= 11 is 0. The van der Waals surface area contributed by atoms with Crippen LogP contribution in [0.1, 0.15) is 22.3 Å². The van der Waals surface area contributed by atoms with Crippen molar-refractivity contribution < 1.29 is 19.1 Å². The van der Waals surface area contributed by atoms with Crippen LogP contribution in [0.5, 0.6) is 11.5 Å². The second-order valence-corrected chi connectivity index (χ2v) is 6.10. The van der Waals surface area contributed by atoms with Gasteiger partial charge in [0.25, 0.3) is 5.91 Å². The number of benzene rings is 2. The number of hydrogen-bond donors (Lipinski definition) is 1. The molecule has 6 heteroatoms. The molecule has 0 spiro atoms. The van der Waals surface area contributed by atoms with Gasteiger partial charge < -0.3 is 19.7 Å². The highest BCUT2D eigenvalue weighted by molar-refractivity contribution is 5.94. The van der Waals surface area contributed by atoms with Crippen molar-refractivity contribution in [2.75, 3.05) is 26.8 Å². The molecule has 0 aromatic heterocycles. The number of fused-ring (bicyclic) bond motifs is 1. The lowest BCUT2D eigenvalue weighted by atomic mass is 10.1. The van der Waals surface area contributed by atoms with Gasteiger partial charge in [-0.1, -0.05) is 24.3 Å². The van der Waals surface area contributed by atoms with Crippen LogP contribution in [0.4, 0.5) is 0 Å². The van der Waals surface area contributed by atoms with E-state index < -0.39 is 0 Å². The molecule has 1 aliphatic heterocycles. The van der Waals surface area contributed by atoms with E-state index in [1.54, 1.807) is 36.2 Å². The first-order chi connectivity index (χ1) is 12.6. The minimum atomic E-state index is -0.173. The highest BCUT2D eigenvalue weighted by Crippen LogP contribution is 2.31. The number of ether oxygens (including phenoxy) is 2. The molecule has 0 radical (unpaired) electrons. The Morgan fingerprint density at radius 1 is 1.04 bits per heavy atom. The van der Waals surface area contributed by atoms with Gasteiger partial charge in [-0.3, -0.25) is 9.59 Å². The zero-order valence-corrected chi connectivity index (χ0v) is 14.7. The average Bonchev–Trinajstić information content (AvgIpc) is 2.68. The van der Waals surface area contributed by atoms with E-state index in [9.17, 15) is 9.59 Å². The van der Waals surface area contributed by atoms with E-state index in [0.717, 1.165) is 11.3 Å². The van der Waals surface area contributed by atoms with Crippen molar-refractivity contribution in [3.05, 3.63) is 59.7 Å². The SMILES string of the molecule is CN(Cc1ccc2c(c1)OCCO2)C(=O)CCNC(=O)c1ccccc1. The highest BCUT2D eigenvalue weighted by atomic mass is 16.6. The van der Waals surface area contributed by atoms with E-state index in [2.05, 4.69) is 5.32 Å². The fraction of sp³-hybridized carbons (Fsp3) is 0.300. The largest absolute Gasteiger partial charge is 0.486 e. The first kappa shape index (κ1) is 17.8. The van der Waals surface area contributed by atoms with Crippen molar-refractivity contribution in [3.8, 4) is 11.5 Å². The third-order valence-electron chi connectivity index (χ3n) is 4.11. The minimum Gasteiger partial charge on any atom is -0.486 e. The van der Waals surface area contributed by atoms with Crippen molar-refractivity contribution in [2.45, 2.75) is 13.0 Å². The molecule has 2 aromatic rings. The van der Waals surface area contributed by atoms with Crippen molar-refractivity contribution in [3.63, 3.8) is 0 Å². The topological polar surface area (TPSA) is 67.9 Å². The van der Waals surface area contributed by atoms with Gasteiger partial charge in [0.05, 0.1) is 0 Å². The number of rotatable bonds is 6. The summed E-state index contributed by atoms with van der Waals surface area (Å²) in [5.41, 5.74) is 1.56. The smallest absolute Gasteiger partial charge is 0.251 e. The standard InChI is InChI=1S/C20H22N2O4/c1-22(14-15-7-8-17-18(13-15)26-12-11-25-17)19(23)9-10-21-20(24)16-5-3-2-4-6-16/h2-8,13H,9-12,14H2,1H3,(H,21,24). The number of nitrogens with zero attached hydrogens (tertiary/aromatic N) is 1. The maximum absolute atomic E-state index is 12.3. The van der Waals surface area contributed by atoms with Gasteiger partial charge in [-0.2, -0.15) is 0 Å². The lowest BCUT2D eigenvalue weighted by Crippen LogP contribution is -2.31. The molecular formula is C20H22N2O4. The van der Waals surface area contributed by atoms with Gasteiger partial charge in [0.2, 0.25) is 5.91 Å². The lowest BCUT2D eigenvalue weighted by molar-refractivity contribution is -0.130. The molecule has 1 aliphatic rings. The lowest BCUT2D eigenvalue weighted by Gasteiger charge is -2.21. The zero-order valence-electron chi connectivity index (χ0n) is 14.7. The Kier molecular flexibility index (Phi) is 5.73. The predicted octanol–water partition coefficient (Wildman–Crippen LogP) is 2.24. The van der Waals surface area contributed by atoms with E-state index in [1.165, 1.54) is 0 Å². The summed E-state index contributed by atoms with van der Waals surface area (Å²) in [5, 5.41) is 2.77. The van der Waals surface area contributed by atoms with Crippen LogP contribution < -0.4 is 14.8 Å². The normalized spacial score (nSPS) is 12.3. The van der Waals surface area contributed by atoms with E-state index in [4.69, 9.17) is 9.47 Å². The second kappa shape index (κ2) is 8.38. The van der Waals surface area contributed by atoms with Crippen LogP contribution in [-0.2, 0) is 11.3 Å². The van der Waals surface area contributed by atoms with Crippen molar-refractivity contribution in [1.29, 1.82) is 0 Å². The molecule has 0 bridgehead atoms. The van der Waals surface area contributed by atoms with Crippen LogP contribution in [0, 0.1) is 0 Å². The van der Waals surface area contributed by atoms with Gasteiger partial charge in [0.15, 0.2) is 11.5 Å². The summed E-state index contributed by atoms with van der Waals surface area (Å²) in [6.45, 7) is 1.87. The molecule has 0 aliphatic carbocycles. The predicted molar refractivity (Wildman–Crippen MR) is 97.3 cm³/mol. The van der Waals surface area contributed by atoms with Gasteiger partial charge in [-0.05, 0) is 29.8 Å². The summed E-state index contributed by atoms with van der Waals surface area (Å²) in [4.78, 5) is 25.9. The third-order valence-corrected chi connectivity index (χ3v) is 4.11. The van der Waals surface area contributed by atoms with Crippen LogP contribution >= 0.6 is 0 Å². The molecule has 1 heterocycles. The maximum atomic E-state index is 12.3. The molecule has 3 rings (SSSR count). The van der Waals surface area contributed by atoms with Crippen molar-refractivity contribution in [1.82, 2.24) is 10.2 Å². The summed E-state index contributed by atoms with van der Waals surface area (Å²) < 4.78 is 11.1. The summed E-state index contributed by atoms with van der Waals surface area (Å²) in [6.07, 6.45) is 0.250. The average molecular weight is 354 g/mol. The molecular weight excluding hydrogens is 332 g/mol. The summed E-state index contributed by atoms with van der Waals surface area (Å²) in [7, 11) is 1.75. The number of nitrogens with one attached hydrogen (secondary N) is 1. The molecule has 0 saturated carbocycles. The molecule has 0 atom stereocenters. The monoisotopic (exact) mass is 354 g/mol. The molecule has 2 amide bonds. The Morgan fingerprint density at radius 3 is 2.54 bits per heavy atom. The first-order valence-electron chi connectivity index (χ1n) is 8.59. The Morgan fingerprint density at radius 2 is 1.77 bits per heavy atom. The Labute approximate surface area is 152 Å². The molecule has 0 fully saturated rings. The Balaban J connectivity index is 1.46. The Hall–Kier alpha value is -3.02. The number of amides is 2. The highest BCUT2D eigenvalue weighted by Gasteiger charge is 2.14. The minimum absolute atomic E-state index is 0.0340. The quantitative estimate of drug-likeness (QED) is 0.864.